The van der Waals surface area contributed by atoms with Gasteiger partial charge in [-0.05, 0) is 56.9 Å². The molecule has 3 N–H and O–H groups in total. The monoisotopic (exact) mass is 426 g/mol. The van der Waals surface area contributed by atoms with Crippen molar-refractivity contribution in [2.24, 2.45) is 5.14 Å². The molecule has 0 aliphatic rings. The third-order valence-corrected chi connectivity index (χ3v) is 4.97. The number of rotatable bonds is 11. The van der Waals surface area contributed by atoms with Crippen molar-refractivity contribution in [3.8, 4) is 17.2 Å². The summed E-state index contributed by atoms with van der Waals surface area (Å²) in [6.07, 6.45) is -1.57. The highest BCUT2D eigenvalue weighted by molar-refractivity contribution is 7.89. The molecule has 0 bridgehead atoms. The highest BCUT2D eigenvalue weighted by atomic mass is 32.2. The van der Waals surface area contributed by atoms with Gasteiger partial charge in [0.1, 0.15) is 17.3 Å². The maximum atomic E-state index is 11.8. The van der Waals surface area contributed by atoms with Gasteiger partial charge in [0.05, 0.1) is 14.6 Å². The predicted octanol–water partition coefficient (Wildman–Crippen LogP) is 2.73. The van der Waals surface area contributed by atoms with Crippen LogP contribution >= 0.6 is 0 Å². The zero-order valence-electron chi connectivity index (χ0n) is 20.8. The summed E-state index contributed by atoms with van der Waals surface area (Å²) in [6.45, 7) is 1.23. The summed E-state index contributed by atoms with van der Waals surface area (Å²) in [5, 5.41) is 8.54. The van der Waals surface area contributed by atoms with Crippen molar-refractivity contribution in [3.05, 3.63) is 48.0 Å². The minimum atomic E-state index is -3.91. The quantitative estimate of drug-likeness (QED) is 0.536. The van der Waals surface area contributed by atoms with Crippen molar-refractivity contribution in [3.63, 3.8) is 0 Å². The number of nitrogens with two attached hydrogens (primary N) is 1. The normalized spacial score (nSPS) is 17.1. The van der Waals surface area contributed by atoms with E-state index in [0.29, 0.717) is 18.7 Å². The average Bonchev–Trinajstić information content (AvgIpc) is 2.70. The molecule has 0 saturated carbocycles. The van der Waals surface area contributed by atoms with Crippen LogP contribution < -0.4 is 24.7 Å². The molecule has 2 rings (SSSR count). The van der Waals surface area contributed by atoms with Crippen molar-refractivity contribution < 1.29 is 28.1 Å². The highest BCUT2D eigenvalue weighted by Crippen LogP contribution is 2.27. The van der Waals surface area contributed by atoms with Crippen LogP contribution in [-0.4, -0.2) is 40.8 Å². The molecule has 0 aromatic heterocycles. The first-order valence-corrected chi connectivity index (χ1v) is 10.6. The molecule has 1 unspecified atom stereocenters. The fourth-order valence-corrected chi connectivity index (χ4v) is 3.53. The molecule has 0 saturated heterocycles. The topological polar surface area (TPSA) is 99.9 Å². The summed E-state index contributed by atoms with van der Waals surface area (Å²) in [7, 11) is -2.53. The van der Waals surface area contributed by atoms with E-state index >= 15 is 0 Å². The largest absolute Gasteiger partial charge is 0.495 e. The number of hydrogen-bond acceptors (Lipinski definition) is 6. The third-order valence-electron chi connectivity index (χ3n) is 4.04. The Morgan fingerprint density at radius 2 is 1.90 bits per heavy atom. The Balaban J connectivity index is 1.92. The molecule has 2 aromatic carbocycles. The molecule has 8 heteroatoms. The number of sulfonamides is 1. The Labute approximate surface area is 178 Å². The summed E-state index contributed by atoms with van der Waals surface area (Å²) in [5.74, 6) is 0.703. The van der Waals surface area contributed by atoms with E-state index in [-0.39, 0.29) is 29.0 Å². The lowest BCUT2D eigenvalue weighted by molar-refractivity contribution is 0.220. The Hall–Kier alpha value is -2.29. The van der Waals surface area contributed by atoms with Crippen molar-refractivity contribution in [1.29, 1.82) is 0 Å². The summed E-state index contributed by atoms with van der Waals surface area (Å²) < 4.78 is 70.1. The van der Waals surface area contributed by atoms with E-state index in [4.69, 9.17) is 24.8 Å². The van der Waals surface area contributed by atoms with E-state index in [1.807, 2.05) is 6.92 Å². The summed E-state index contributed by atoms with van der Waals surface area (Å²) >= 11 is 0. The molecule has 0 spiro atoms. The molecule has 0 radical (unpaired) electrons. The van der Waals surface area contributed by atoms with Gasteiger partial charge in [-0.15, -0.1) is 0 Å². The van der Waals surface area contributed by atoms with Crippen LogP contribution in [0.1, 0.15) is 31.7 Å². The minimum absolute atomic E-state index is 0.00564. The van der Waals surface area contributed by atoms with Gasteiger partial charge in [0.2, 0.25) is 10.0 Å². The van der Waals surface area contributed by atoms with E-state index < -0.39 is 23.0 Å². The second kappa shape index (κ2) is 10.5. The maximum absolute atomic E-state index is 11.8. The predicted molar refractivity (Wildman–Crippen MR) is 113 cm³/mol. The van der Waals surface area contributed by atoms with E-state index in [9.17, 15) is 8.42 Å². The molecule has 2 atom stereocenters. The Bertz CT molecular complexity index is 1050. The number of benzene rings is 2. The van der Waals surface area contributed by atoms with Crippen molar-refractivity contribution >= 4 is 10.0 Å². The Morgan fingerprint density at radius 3 is 2.55 bits per heavy atom. The van der Waals surface area contributed by atoms with E-state index in [2.05, 4.69) is 5.32 Å². The first kappa shape index (κ1) is 17.6. The lowest BCUT2D eigenvalue weighted by atomic mass is 10.1. The van der Waals surface area contributed by atoms with Gasteiger partial charge in [-0.3, -0.25) is 0 Å². The Morgan fingerprint density at radius 1 is 1.17 bits per heavy atom. The number of methoxy groups -OCH3 is 1. The molecule has 0 aliphatic carbocycles. The second-order valence-corrected chi connectivity index (χ2v) is 8.07. The number of primary sulfonamides is 1. The lowest BCUT2D eigenvalue weighted by Gasteiger charge is -2.17. The fraction of sp³-hybridized carbons (Fsp3) is 0.429. The van der Waals surface area contributed by atoms with Gasteiger partial charge < -0.3 is 19.5 Å². The van der Waals surface area contributed by atoms with Gasteiger partial charge in [0.25, 0.3) is 0 Å². The van der Waals surface area contributed by atoms with E-state index in [1.165, 1.54) is 20.1 Å². The molecule has 29 heavy (non-hydrogen) atoms. The second-order valence-electron chi connectivity index (χ2n) is 6.54. The first-order valence-electron chi connectivity index (χ1n) is 11.1. The van der Waals surface area contributed by atoms with Gasteiger partial charge in [0.15, 0.2) is 11.5 Å². The first-order chi connectivity index (χ1) is 15.2. The SMILES string of the molecule is [2H]C([2H])([2H])C([2H])(C)Oc1ccccc1OCCN[C@H](C)Cc1ccc(OC)c(S(N)(=O)=O)c1. The number of ether oxygens (including phenoxy) is 3. The molecule has 7 nitrogen and oxygen atoms in total. The van der Waals surface area contributed by atoms with Gasteiger partial charge in [-0.2, -0.15) is 0 Å². The summed E-state index contributed by atoms with van der Waals surface area (Å²) in [6, 6.07) is 11.4. The molecule has 0 fully saturated rings. The van der Waals surface area contributed by atoms with Crippen LogP contribution in [0, 0.1) is 0 Å². The van der Waals surface area contributed by atoms with Crippen LogP contribution in [0.3, 0.4) is 0 Å². The molecule has 2 aromatic rings. The van der Waals surface area contributed by atoms with Crippen LogP contribution in [-0.2, 0) is 16.4 Å². The zero-order valence-corrected chi connectivity index (χ0v) is 17.6. The zero-order chi connectivity index (χ0) is 24.9. The Kier molecular flexibility index (Phi) is 6.34. The number of nitrogens with one attached hydrogen (secondary N) is 1. The van der Waals surface area contributed by atoms with Crippen LogP contribution in [0.4, 0.5) is 0 Å². The molecule has 0 amide bonds. The molecule has 0 aliphatic heterocycles. The van der Waals surface area contributed by atoms with E-state index in [0.717, 1.165) is 5.56 Å². The number of hydrogen-bond donors (Lipinski definition) is 2. The smallest absolute Gasteiger partial charge is 0.241 e. The van der Waals surface area contributed by atoms with Crippen LogP contribution in [0.5, 0.6) is 17.2 Å². The van der Waals surface area contributed by atoms with Crippen LogP contribution in [0.15, 0.2) is 47.4 Å². The third kappa shape index (κ3) is 7.23. The summed E-state index contributed by atoms with van der Waals surface area (Å²) in [4.78, 5) is -0.0620. The van der Waals surface area contributed by atoms with E-state index in [1.54, 1.807) is 36.4 Å². The number of para-hydroxylation sites is 2. The van der Waals surface area contributed by atoms with Crippen LogP contribution in [0.25, 0.3) is 0 Å². The fourth-order valence-electron chi connectivity index (χ4n) is 2.78. The molecular formula is C21H30N2O5S. The van der Waals surface area contributed by atoms with Crippen molar-refractivity contribution in [1.82, 2.24) is 5.32 Å². The maximum Gasteiger partial charge on any atom is 0.241 e. The highest BCUT2D eigenvalue weighted by Gasteiger charge is 2.16. The molecule has 160 valence electrons. The molecule has 0 heterocycles. The lowest BCUT2D eigenvalue weighted by Crippen LogP contribution is -2.32. The minimum Gasteiger partial charge on any atom is -0.495 e. The van der Waals surface area contributed by atoms with Gasteiger partial charge in [-0.1, -0.05) is 18.2 Å². The molecular weight excluding hydrogens is 392 g/mol. The van der Waals surface area contributed by atoms with Crippen molar-refractivity contribution in [2.75, 3.05) is 20.3 Å². The van der Waals surface area contributed by atoms with Crippen LogP contribution in [0.2, 0.25) is 0 Å². The average molecular weight is 427 g/mol. The summed E-state index contributed by atoms with van der Waals surface area (Å²) in [5.41, 5.74) is 0.777. The van der Waals surface area contributed by atoms with Gasteiger partial charge in [0, 0.05) is 16.7 Å². The van der Waals surface area contributed by atoms with Gasteiger partial charge in [-0.25, -0.2) is 13.6 Å². The van der Waals surface area contributed by atoms with Crippen molar-refractivity contribution in [2.45, 2.75) is 44.1 Å². The van der Waals surface area contributed by atoms with Gasteiger partial charge >= 0.3 is 0 Å². The standard InChI is InChI=1S/C21H30N2O5S/c1-15(2)28-19-8-6-5-7-18(19)27-12-11-23-16(3)13-17-9-10-20(26-4)21(14-17)29(22,24)25/h5-10,14-16,23H,11-13H2,1-4H3,(H2,22,24,25)/t16-/m1/s1/i1D3,15D/t15?,16-.